The molecule has 0 saturated carbocycles. The van der Waals surface area contributed by atoms with E-state index in [1.165, 1.54) is 16.7 Å². The van der Waals surface area contributed by atoms with Crippen LogP contribution in [0.15, 0.2) is 45.0 Å². The fourth-order valence-corrected chi connectivity index (χ4v) is 4.59. The number of hydrogen-bond donors (Lipinski definition) is 0. The van der Waals surface area contributed by atoms with Crippen LogP contribution in [-0.2, 0) is 0 Å². The smallest absolute Gasteiger partial charge is 0.137 e. The van der Waals surface area contributed by atoms with E-state index in [0.717, 1.165) is 24.2 Å². The molecule has 2 heterocycles. The average Bonchev–Trinajstić information content (AvgIpc) is 2.50. The zero-order valence-corrected chi connectivity index (χ0v) is 14.0. The van der Waals surface area contributed by atoms with Crippen LogP contribution in [0.3, 0.4) is 0 Å². The van der Waals surface area contributed by atoms with Crippen molar-refractivity contribution in [2.75, 3.05) is 12.8 Å². The van der Waals surface area contributed by atoms with Crippen molar-refractivity contribution >= 4 is 27.7 Å². The van der Waals surface area contributed by atoms with Crippen molar-refractivity contribution in [1.29, 1.82) is 5.26 Å². The molecule has 0 aliphatic carbocycles. The SMILES string of the molecule is CN1C=C(C#N)C(c2ccc(F)c(Br)c2)C2=C1CCCS2. The third-order valence-electron chi connectivity index (χ3n) is 3.84. The first-order chi connectivity index (χ1) is 10.1. The molecule has 0 N–H and O–H groups in total. The van der Waals surface area contributed by atoms with Crippen molar-refractivity contribution in [3.63, 3.8) is 0 Å². The molecule has 0 fully saturated rings. The quantitative estimate of drug-likeness (QED) is 0.718. The van der Waals surface area contributed by atoms with Crippen LogP contribution in [0.4, 0.5) is 4.39 Å². The summed E-state index contributed by atoms with van der Waals surface area (Å²) in [5, 5.41) is 9.49. The fraction of sp³-hybridized carbons (Fsp3) is 0.312. The lowest BCUT2D eigenvalue weighted by atomic mass is 9.88. The van der Waals surface area contributed by atoms with Crippen molar-refractivity contribution in [3.05, 3.63) is 56.4 Å². The van der Waals surface area contributed by atoms with E-state index < -0.39 is 0 Å². The summed E-state index contributed by atoms with van der Waals surface area (Å²) in [6, 6.07) is 7.34. The van der Waals surface area contributed by atoms with Gasteiger partial charge in [-0.15, -0.1) is 11.8 Å². The molecule has 1 atom stereocenters. The fourth-order valence-electron chi connectivity index (χ4n) is 2.85. The van der Waals surface area contributed by atoms with Crippen LogP contribution in [0.1, 0.15) is 24.3 Å². The number of thioether (sulfide) groups is 1. The molecule has 21 heavy (non-hydrogen) atoms. The minimum absolute atomic E-state index is 0.0663. The van der Waals surface area contributed by atoms with E-state index in [0.29, 0.717) is 10.0 Å². The third kappa shape index (κ3) is 2.63. The van der Waals surface area contributed by atoms with Crippen molar-refractivity contribution in [1.82, 2.24) is 4.90 Å². The summed E-state index contributed by atoms with van der Waals surface area (Å²) in [7, 11) is 2.00. The minimum Gasteiger partial charge on any atom is -0.353 e. The number of rotatable bonds is 1. The van der Waals surface area contributed by atoms with Gasteiger partial charge in [0.15, 0.2) is 0 Å². The Morgan fingerprint density at radius 1 is 1.48 bits per heavy atom. The molecule has 2 aliphatic heterocycles. The van der Waals surface area contributed by atoms with Crippen LogP contribution < -0.4 is 0 Å². The molecular weight excluding hydrogens is 351 g/mol. The Bertz CT molecular complexity index is 690. The second-order valence-electron chi connectivity index (χ2n) is 5.18. The van der Waals surface area contributed by atoms with Gasteiger partial charge in [-0.3, -0.25) is 0 Å². The van der Waals surface area contributed by atoms with Gasteiger partial charge in [-0.05, 0) is 52.2 Å². The van der Waals surface area contributed by atoms with E-state index in [-0.39, 0.29) is 11.7 Å². The largest absolute Gasteiger partial charge is 0.353 e. The summed E-state index contributed by atoms with van der Waals surface area (Å²) in [6.45, 7) is 0. The van der Waals surface area contributed by atoms with Gasteiger partial charge in [-0.2, -0.15) is 5.26 Å². The van der Waals surface area contributed by atoms with E-state index in [9.17, 15) is 9.65 Å². The number of hydrogen-bond acceptors (Lipinski definition) is 3. The lowest BCUT2D eigenvalue weighted by Gasteiger charge is -2.35. The summed E-state index contributed by atoms with van der Waals surface area (Å²) >= 11 is 5.06. The van der Waals surface area contributed by atoms with Crippen LogP contribution in [0, 0.1) is 17.1 Å². The molecule has 0 bridgehead atoms. The van der Waals surface area contributed by atoms with Crippen molar-refractivity contribution in [2.24, 2.45) is 0 Å². The van der Waals surface area contributed by atoms with Gasteiger partial charge in [0.1, 0.15) is 5.82 Å². The molecule has 1 aromatic rings. The Morgan fingerprint density at radius 3 is 3.00 bits per heavy atom. The van der Waals surface area contributed by atoms with Gasteiger partial charge in [0.2, 0.25) is 0 Å². The van der Waals surface area contributed by atoms with E-state index >= 15 is 0 Å². The maximum atomic E-state index is 13.5. The molecule has 1 unspecified atom stereocenters. The highest BCUT2D eigenvalue weighted by Gasteiger charge is 2.32. The highest BCUT2D eigenvalue weighted by molar-refractivity contribution is 9.10. The number of allylic oxidation sites excluding steroid dienone is 3. The second-order valence-corrected chi connectivity index (χ2v) is 7.17. The molecule has 2 aliphatic rings. The summed E-state index contributed by atoms with van der Waals surface area (Å²) in [6.07, 6.45) is 4.10. The number of halogens is 2. The highest BCUT2D eigenvalue weighted by atomic mass is 79.9. The summed E-state index contributed by atoms with van der Waals surface area (Å²) in [4.78, 5) is 3.30. The molecule has 0 spiro atoms. The molecule has 5 heteroatoms. The van der Waals surface area contributed by atoms with Crippen molar-refractivity contribution < 1.29 is 4.39 Å². The predicted molar refractivity (Wildman–Crippen MR) is 87.0 cm³/mol. The Hall–Kier alpha value is -1.25. The van der Waals surface area contributed by atoms with Crippen LogP contribution in [-0.4, -0.2) is 17.7 Å². The van der Waals surface area contributed by atoms with Crippen molar-refractivity contribution in [2.45, 2.75) is 18.8 Å². The zero-order valence-electron chi connectivity index (χ0n) is 11.6. The first kappa shape index (κ1) is 14.7. The van der Waals surface area contributed by atoms with Gasteiger partial charge in [0.05, 0.1) is 22.0 Å². The van der Waals surface area contributed by atoms with Gasteiger partial charge in [-0.25, -0.2) is 4.39 Å². The Morgan fingerprint density at radius 2 is 2.29 bits per heavy atom. The van der Waals surface area contributed by atoms with Crippen LogP contribution in [0.5, 0.6) is 0 Å². The first-order valence-electron chi connectivity index (χ1n) is 6.77. The number of benzene rings is 1. The van der Waals surface area contributed by atoms with Crippen LogP contribution in [0.2, 0.25) is 0 Å². The Kier molecular flexibility index (Phi) is 4.10. The molecule has 108 valence electrons. The summed E-state index contributed by atoms with van der Waals surface area (Å²) < 4.78 is 13.9. The number of nitrogens with zero attached hydrogens (tertiary/aromatic N) is 2. The van der Waals surface area contributed by atoms with Crippen LogP contribution in [0.25, 0.3) is 0 Å². The molecule has 2 nitrogen and oxygen atoms in total. The molecule has 0 amide bonds. The van der Waals surface area contributed by atoms with E-state index in [4.69, 9.17) is 0 Å². The van der Waals surface area contributed by atoms with Gasteiger partial charge >= 0.3 is 0 Å². The topological polar surface area (TPSA) is 27.0 Å². The number of nitriles is 1. The molecular formula is C16H14BrFN2S. The molecule has 0 saturated heterocycles. The van der Waals surface area contributed by atoms with Gasteiger partial charge in [0, 0.05) is 23.8 Å². The van der Waals surface area contributed by atoms with Gasteiger partial charge in [0.25, 0.3) is 0 Å². The highest BCUT2D eigenvalue weighted by Crippen LogP contribution is 2.47. The monoisotopic (exact) mass is 364 g/mol. The first-order valence-corrected chi connectivity index (χ1v) is 8.55. The van der Waals surface area contributed by atoms with Gasteiger partial charge < -0.3 is 4.90 Å². The van der Waals surface area contributed by atoms with E-state index in [2.05, 4.69) is 26.9 Å². The average molecular weight is 365 g/mol. The second kappa shape index (κ2) is 5.86. The third-order valence-corrected chi connectivity index (χ3v) is 5.72. The van der Waals surface area contributed by atoms with E-state index in [1.807, 2.05) is 25.0 Å². The van der Waals surface area contributed by atoms with Crippen molar-refractivity contribution in [3.8, 4) is 6.07 Å². The lowest BCUT2D eigenvalue weighted by Crippen LogP contribution is -2.24. The minimum atomic E-state index is -0.278. The van der Waals surface area contributed by atoms with E-state index in [1.54, 1.807) is 12.1 Å². The molecule has 3 rings (SSSR count). The summed E-state index contributed by atoms with van der Waals surface area (Å²) in [5.41, 5.74) is 2.96. The predicted octanol–water partition coefficient (Wildman–Crippen LogP) is 4.76. The molecule has 0 aromatic heterocycles. The standard InChI is InChI=1S/C16H14BrFN2S/c1-20-9-11(8-19)15(16-14(20)3-2-6-21-16)10-4-5-13(18)12(17)7-10/h4-5,7,9,15H,2-3,6H2,1H3. The molecule has 1 aromatic carbocycles. The maximum absolute atomic E-state index is 13.5. The Labute approximate surface area is 136 Å². The maximum Gasteiger partial charge on any atom is 0.137 e. The summed E-state index contributed by atoms with van der Waals surface area (Å²) in [5.74, 6) is 0.729. The van der Waals surface area contributed by atoms with Crippen LogP contribution >= 0.6 is 27.7 Å². The molecule has 0 radical (unpaired) electrons. The zero-order chi connectivity index (χ0) is 15.0. The Balaban J connectivity index is 2.12. The lowest BCUT2D eigenvalue weighted by molar-refractivity contribution is 0.505. The normalized spacial score (nSPS) is 21.7. The van der Waals surface area contributed by atoms with Gasteiger partial charge in [-0.1, -0.05) is 6.07 Å².